The summed E-state index contributed by atoms with van der Waals surface area (Å²) in [6.45, 7) is -0.133. The molecule has 3 nitrogen and oxygen atoms in total. The largest absolute Gasteiger partial charge is 0.490 e. The molecule has 1 aromatic carbocycles. The number of aliphatic hydroxyl groups excluding tert-OH is 1. The zero-order valence-corrected chi connectivity index (χ0v) is 8.11. The van der Waals surface area contributed by atoms with E-state index in [1.165, 1.54) is 18.2 Å². The average molecular weight is 217 g/mol. The first-order chi connectivity index (χ1) is 7.19. The maximum absolute atomic E-state index is 12.0. The van der Waals surface area contributed by atoms with Gasteiger partial charge in [-0.15, -0.1) is 0 Å². The van der Waals surface area contributed by atoms with Crippen molar-refractivity contribution in [3.05, 3.63) is 30.4 Å². The molecule has 0 aliphatic heterocycles. The monoisotopic (exact) mass is 217 g/mol. The van der Waals surface area contributed by atoms with E-state index in [1.807, 2.05) is 0 Å². The molecule has 0 saturated carbocycles. The molecule has 0 atom stereocenters. The highest BCUT2D eigenvalue weighted by Crippen LogP contribution is 2.32. The summed E-state index contributed by atoms with van der Waals surface area (Å²) in [6, 6.07) is 4.37. The number of rotatable bonds is 5. The summed E-state index contributed by atoms with van der Waals surface area (Å²) < 4.78 is 33.4. The van der Waals surface area contributed by atoms with Gasteiger partial charge in [-0.3, -0.25) is 0 Å². The number of hydrogen-bond donors (Lipinski definition) is 1. The van der Waals surface area contributed by atoms with Gasteiger partial charge in [0.1, 0.15) is 6.61 Å². The van der Waals surface area contributed by atoms with Crippen LogP contribution >= 0.6 is 0 Å². The normalized spacial score (nSPS) is 10.5. The fourth-order valence-electron chi connectivity index (χ4n) is 1.12. The van der Waals surface area contributed by atoms with Crippen molar-refractivity contribution in [2.75, 3.05) is 6.61 Å². The van der Waals surface area contributed by atoms with Crippen LogP contribution in [0, 0.1) is 6.61 Å². The van der Waals surface area contributed by atoms with Crippen LogP contribution in [0.3, 0.4) is 0 Å². The van der Waals surface area contributed by atoms with Gasteiger partial charge in [-0.2, -0.15) is 8.78 Å². The van der Waals surface area contributed by atoms with Crippen LogP contribution in [0.1, 0.15) is 12.5 Å². The summed E-state index contributed by atoms with van der Waals surface area (Å²) in [6.07, 6.45) is 0. The molecule has 83 valence electrons. The molecule has 0 bridgehead atoms. The van der Waals surface area contributed by atoms with Crippen LogP contribution in [0.15, 0.2) is 18.2 Å². The number of benzene rings is 1. The Bertz CT molecular complexity index is 316. The average Bonchev–Trinajstić information content (AvgIpc) is 2.20. The molecule has 0 heterocycles. The van der Waals surface area contributed by atoms with Crippen molar-refractivity contribution in [3.8, 4) is 11.5 Å². The number of para-hydroxylation sites is 1. The van der Waals surface area contributed by atoms with Crippen molar-refractivity contribution in [3.63, 3.8) is 0 Å². The Morgan fingerprint density at radius 2 is 2.20 bits per heavy atom. The van der Waals surface area contributed by atoms with Gasteiger partial charge in [0.15, 0.2) is 11.5 Å². The lowest BCUT2D eigenvalue weighted by molar-refractivity contribution is -0.0515. The fourth-order valence-corrected chi connectivity index (χ4v) is 1.12. The van der Waals surface area contributed by atoms with Crippen molar-refractivity contribution >= 4 is 0 Å². The van der Waals surface area contributed by atoms with Crippen molar-refractivity contribution in [1.82, 2.24) is 0 Å². The minimum Gasteiger partial charge on any atom is -0.490 e. The molecule has 1 radical (unpaired) electrons. The molecule has 0 spiro atoms. The number of aliphatic hydroxyl groups is 1. The van der Waals surface area contributed by atoms with Gasteiger partial charge in [0.25, 0.3) is 0 Å². The minimum absolute atomic E-state index is 0.0883. The molecule has 1 aromatic rings. The molecule has 1 rings (SSSR count). The van der Waals surface area contributed by atoms with E-state index in [1.54, 1.807) is 6.92 Å². The van der Waals surface area contributed by atoms with Crippen molar-refractivity contribution < 1.29 is 23.4 Å². The summed E-state index contributed by atoms with van der Waals surface area (Å²) in [5.41, 5.74) is 0.301. The zero-order valence-electron chi connectivity index (χ0n) is 8.11. The quantitative estimate of drug-likeness (QED) is 0.823. The smallest absolute Gasteiger partial charge is 0.387 e. The van der Waals surface area contributed by atoms with Gasteiger partial charge < -0.3 is 14.6 Å². The van der Waals surface area contributed by atoms with Gasteiger partial charge in [-0.05, 0) is 13.0 Å². The summed E-state index contributed by atoms with van der Waals surface area (Å²) in [7, 11) is 0. The number of alkyl halides is 2. The predicted molar refractivity (Wildman–Crippen MR) is 49.6 cm³/mol. The van der Waals surface area contributed by atoms with Crippen LogP contribution in [-0.2, 0) is 0 Å². The number of ether oxygens (including phenoxy) is 2. The van der Waals surface area contributed by atoms with Gasteiger partial charge in [-0.1, -0.05) is 12.1 Å². The molecule has 0 saturated heterocycles. The standard InChI is InChI=1S/C10H11F2O3/c1-2-14-9-7(6-13)4-3-5-8(9)15-10(11)12/h3-6,10,13H,2H2,1H3. The van der Waals surface area contributed by atoms with Crippen LogP contribution in [0.4, 0.5) is 8.78 Å². The molecular formula is C10H11F2O3. The first kappa shape index (κ1) is 11.7. The summed E-state index contributed by atoms with van der Waals surface area (Å²) >= 11 is 0. The summed E-state index contributed by atoms with van der Waals surface area (Å²) in [4.78, 5) is 0. The molecule has 5 heteroatoms. The molecule has 15 heavy (non-hydrogen) atoms. The van der Waals surface area contributed by atoms with E-state index in [-0.39, 0.29) is 11.5 Å². The van der Waals surface area contributed by atoms with Crippen LogP contribution in [0.5, 0.6) is 11.5 Å². The van der Waals surface area contributed by atoms with E-state index in [0.717, 1.165) is 6.61 Å². The lowest BCUT2D eigenvalue weighted by Crippen LogP contribution is -2.05. The summed E-state index contributed by atoms with van der Waals surface area (Å²) in [5, 5.41) is 8.86. The van der Waals surface area contributed by atoms with Gasteiger partial charge in [0, 0.05) is 5.56 Å². The van der Waals surface area contributed by atoms with Crippen LogP contribution in [-0.4, -0.2) is 18.3 Å². The maximum atomic E-state index is 12.0. The van der Waals surface area contributed by atoms with E-state index in [2.05, 4.69) is 4.74 Å². The molecule has 0 aromatic heterocycles. The Kier molecular flexibility index (Phi) is 4.30. The van der Waals surface area contributed by atoms with Gasteiger partial charge in [-0.25, -0.2) is 0 Å². The topological polar surface area (TPSA) is 38.7 Å². The molecule has 0 amide bonds. The third-order valence-electron chi connectivity index (χ3n) is 1.65. The van der Waals surface area contributed by atoms with E-state index in [0.29, 0.717) is 12.2 Å². The van der Waals surface area contributed by atoms with Crippen LogP contribution in [0.25, 0.3) is 0 Å². The lowest BCUT2D eigenvalue weighted by atomic mass is 10.2. The number of halogens is 2. The molecule has 0 aliphatic carbocycles. The highest BCUT2D eigenvalue weighted by atomic mass is 19.3. The Morgan fingerprint density at radius 3 is 2.73 bits per heavy atom. The Labute approximate surface area is 86.2 Å². The van der Waals surface area contributed by atoms with Crippen LogP contribution in [0.2, 0.25) is 0 Å². The van der Waals surface area contributed by atoms with Gasteiger partial charge >= 0.3 is 6.61 Å². The van der Waals surface area contributed by atoms with E-state index in [4.69, 9.17) is 9.84 Å². The molecule has 0 unspecified atom stereocenters. The maximum Gasteiger partial charge on any atom is 0.387 e. The second-order valence-corrected chi connectivity index (χ2v) is 2.62. The second kappa shape index (κ2) is 5.50. The van der Waals surface area contributed by atoms with Crippen molar-refractivity contribution in [2.24, 2.45) is 0 Å². The van der Waals surface area contributed by atoms with E-state index >= 15 is 0 Å². The van der Waals surface area contributed by atoms with Gasteiger partial charge in [0.2, 0.25) is 0 Å². The predicted octanol–water partition coefficient (Wildman–Crippen LogP) is 2.57. The highest BCUT2D eigenvalue weighted by molar-refractivity contribution is 5.48. The van der Waals surface area contributed by atoms with E-state index < -0.39 is 6.61 Å². The minimum atomic E-state index is -2.92. The first-order valence-corrected chi connectivity index (χ1v) is 4.37. The molecule has 1 N–H and O–H groups in total. The van der Waals surface area contributed by atoms with Gasteiger partial charge in [0.05, 0.1) is 6.61 Å². The molecule has 0 fully saturated rings. The SMILES string of the molecule is CCOc1c([CH]O)cccc1OC(F)F. The Balaban J connectivity index is 3.01. The second-order valence-electron chi connectivity index (χ2n) is 2.62. The van der Waals surface area contributed by atoms with E-state index in [9.17, 15) is 8.78 Å². The Morgan fingerprint density at radius 1 is 1.47 bits per heavy atom. The Hall–Kier alpha value is -1.36. The molecular weight excluding hydrogens is 206 g/mol. The highest BCUT2D eigenvalue weighted by Gasteiger charge is 2.13. The third-order valence-corrected chi connectivity index (χ3v) is 1.65. The fraction of sp³-hybridized carbons (Fsp3) is 0.300. The zero-order chi connectivity index (χ0) is 11.3. The third kappa shape index (κ3) is 3.06. The van der Waals surface area contributed by atoms with Crippen molar-refractivity contribution in [2.45, 2.75) is 13.5 Å². The number of hydrogen-bond acceptors (Lipinski definition) is 3. The summed E-state index contributed by atoms with van der Waals surface area (Å²) in [5.74, 6) is 0.0254. The lowest BCUT2D eigenvalue weighted by Gasteiger charge is -2.13. The van der Waals surface area contributed by atoms with Crippen LogP contribution < -0.4 is 9.47 Å². The molecule has 0 aliphatic rings. The van der Waals surface area contributed by atoms with Crippen molar-refractivity contribution in [1.29, 1.82) is 0 Å². The first-order valence-electron chi connectivity index (χ1n) is 4.37.